The zero-order valence-electron chi connectivity index (χ0n) is 20.6. The van der Waals surface area contributed by atoms with E-state index in [-0.39, 0.29) is 11.9 Å². The molecule has 180 valence electrons. The Morgan fingerprint density at radius 1 is 1.00 bits per heavy atom. The van der Waals surface area contributed by atoms with Gasteiger partial charge in [0.05, 0.1) is 12.9 Å². The van der Waals surface area contributed by atoms with E-state index in [9.17, 15) is 4.79 Å². The SMILES string of the molecule is CCOc1cc2occ(-c3cccc4ccccc34)c2cc1/C(C)=C/C(=O)NC1CCCCCC1. The number of ether oxygens (including phenoxy) is 1. The molecule has 0 unspecified atom stereocenters. The summed E-state index contributed by atoms with van der Waals surface area (Å²) in [4.78, 5) is 12.9. The smallest absolute Gasteiger partial charge is 0.244 e. The van der Waals surface area contributed by atoms with E-state index < -0.39 is 0 Å². The molecule has 1 aliphatic rings. The van der Waals surface area contributed by atoms with Gasteiger partial charge in [-0.2, -0.15) is 0 Å². The summed E-state index contributed by atoms with van der Waals surface area (Å²) in [5, 5.41) is 6.61. The zero-order valence-corrected chi connectivity index (χ0v) is 20.6. The van der Waals surface area contributed by atoms with Gasteiger partial charge in [0.1, 0.15) is 11.3 Å². The summed E-state index contributed by atoms with van der Waals surface area (Å²) in [5.41, 5.74) is 4.74. The van der Waals surface area contributed by atoms with Gasteiger partial charge in [-0.1, -0.05) is 68.1 Å². The van der Waals surface area contributed by atoms with Gasteiger partial charge in [0, 0.05) is 34.7 Å². The second-order valence-electron chi connectivity index (χ2n) is 9.48. The van der Waals surface area contributed by atoms with Crippen LogP contribution in [-0.4, -0.2) is 18.6 Å². The van der Waals surface area contributed by atoms with E-state index in [0.717, 1.165) is 51.8 Å². The van der Waals surface area contributed by atoms with Crippen LogP contribution in [0.15, 0.2) is 71.4 Å². The van der Waals surface area contributed by atoms with Crippen molar-refractivity contribution in [3.05, 3.63) is 72.5 Å². The lowest BCUT2D eigenvalue weighted by molar-refractivity contribution is -0.117. The van der Waals surface area contributed by atoms with Crippen LogP contribution in [0.1, 0.15) is 57.9 Å². The van der Waals surface area contributed by atoms with Crippen molar-refractivity contribution >= 4 is 33.2 Å². The lowest BCUT2D eigenvalue weighted by Gasteiger charge is -2.16. The molecule has 1 fully saturated rings. The summed E-state index contributed by atoms with van der Waals surface area (Å²) in [6.07, 6.45) is 10.6. The third-order valence-corrected chi connectivity index (χ3v) is 7.03. The highest BCUT2D eigenvalue weighted by Gasteiger charge is 2.18. The topological polar surface area (TPSA) is 51.5 Å². The van der Waals surface area contributed by atoms with Crippen LogP contribution in [0.25, 0.3) is 38.4 Å². The van der Waals surface area contributed by atoms with Gasteiger partial charge in [0.25, 0.3) is 0 Å². The maximum absolute atomic E-state index is 12.9. The number of allylic oxidation sites excluding steroid dienone is 1. The highest BCUT2D eigenvalue weighted by molar-refractivity contribution is 6.06. The molecule has 0 aliphatic heterocycles. The summed E-state index contributed by atoms with van der Waals surface area (Å²) >= 11 is 0. The third kappa shape index (κ3) is 4.97. The lowest BCUT2D eigenvalue weighted by atomic mass is 9.96. The highest BCUT2D eigenvalue weighted by Crippen LogP contribution is 2.39. The zero-order chi connectivity index (χ0) is 24.2. The molecule has 3 aromatic carbocycles. The molecule has 5 rings (SSSR count). The quantitative estimate of drug-likeness (QED) is 0.232. The fourth-order valence-corrected chi connectivity index (χ4v) is 5.25. The van der Waals surface area contributed by atoms with E-state index in [1.165, 1.54) is 36.5 Å². The summed E-state index contributed by atoms with van der Waals surface area (Å²) in [6, 6.07) is 19.0. The van der Waals surface area contributed by atoms with E-state index in [0.29, 0.717) is 6.61 Å². The molecule has 0 spiro atoms. The number of carbonyl (C=O) groups is 1. The Hall–Kier alpha value is -3.53. The summed E-state index contributed by atoms with van der Waals surface area (Å²) in [5.74, 6) is 0.702. The Morgan fingerprint density at radius 3 is 2.57 bits per heavy atom. The van der Waals surface area contributed by atoms with Crippen LogP contribution < -0.4 is 10.1 Å². The van der Waals surface area contributed by atoms with E-state index >= 15 is 0 Å². The summed E-state index contributed by atoms with van der Waals surface area (Å²) in [6.45, 7) is 4.49. The fraction of sp³-hybridized carbons (Fsp3) is 0.323. The van der Waals surface area contributed by atoms with E-state index in [1.807, 2.05) is 26.2 Å². The Morgan fingerprint density at radius 2 is 1.77 bits per heavy atom. The minimum absolute atomic E-state index is 0.0292. The second-order valence-corrected chi connectivity index (χ2v) is 9.48. The van der Waals surface area contributed by atoms with Gasteiger partial charge in [-0.15, -0.1) is 0 Å². The molecule has 35 heavy (non-hydrogen) atoms. The van der Waals surface area contributed by atoms with Crippen molar-refractivity contribution in [2.24, 2.45) is 0 Å². The Labute approximate surface area is 207 Å². The molecule has 1 heterocycles. The first-order valence-corrected chi connectivity index (χ1v) is 12.8. The number of hydrogen-bond donors (Lipinski definition) is 1. The number of amides is 1. The van der Waals surface area contributed by atoms with Crippen molar-refractivity contribution in [1.29, 1.82) is 0 Å². The van der Waals surface area contributed by atoms with Crippen LogP contribution in [0.5, 0.6) is 5.75 Å². The average Bonchev–Trinajstić information content (AvgIpc) is 3.09. The third-order valence-electron chi connectivity index (χ3n) is 7.03. The summed E-state index contributed by atoms with van der Waals surface area (Å²) in [7, 11) is 0. The molecular weight excluding hydrogens is 434 g/mol. The molecule has 1 N–H and O–H groups in total. The Bertz CT molecular complexity index is 1370. The number of rotatable bonds is 6. The lowest BCUT2D eigenvalue weighted by Crippen LogP contribution is -2.33. The largest absolute Gasteiger partial charge is 0.493 e. The maximum Gasteiger partial charge on any atom is 0.244 e. The van der Waals surface area contributed by atoms with Gasteiger partial charge >= 0.3 is 0 Å². The Balaban J connectivity index is 1.53. The maximum atomic E-state index is 12.9. The van der Waals surface area contributed by atoms with Crippen molar-refractivity contribution in [1.82, 2.24) is 5.32 Å². The van der Waals surface area contributed by atoms with Crippen LogP contribution in [-0.2, 0) is 4.79 Å². The predicted octanol–water partition coefficient (Wildman–Crippen LogP) is 7.89. The first-order valence-electron chi connectivity index (χ1n) is 12.8. The van der Waals surface area contributed by atoms with Crippen molar-refractivity contribution in [2.75, 3.05) is 6.61 Å². The predicted molar refractivity (Wildman–Crippen MR) is 144 cm³/mol. The normalized spacial score (nSPS) is 15.3. The molecule has 1 amide bonds. The average molecular weight is 468 g/mol. The monoisotopic (exact) mass is 467 g/mol. The van der Waals surface area contributed by atoms with Crippen LogP contribution in [0, 0.1) is 0 Å². The molecular formula is C31H33NO3. The van der Waals surface area contributed by atoms with E-state index in [1.54, 1.807) is 6.08 Å². The van der Waals surface area contributed by atoms with Gasteiger partial charge in [-0.25, -0.2) is 0 Å². The number of carbonyl (C=O) groups excluding carboxylic acids is 1. The van der Waals surface area contributed by atoms with Gasteiger partial charge in [0.15, 0.2) is 0 Å². The fourth-order valence-electron chi connectivity index (χ4n) is 5.25. The standard InChI is InChI=1S/C31H33NO3/c1-3-34-29-19-30-27(28(20-35-30)25-16-10-12-22-11-8-9-15-24(22)25)18-26(29)21(2)17-31(33)32-23-13-6-4-5-7-14-23/h8-12,15-20,23H,3-7,13-14H2,1-2H3,(H,32,33)/b21-17+. The molecule has 0 saturated heterocycles. The first-order chi connectivity index (χ1) is 17.1. The van der Waals surface area contributed by atoms with Crippen LogP contribution in [0.3, 0.4) is 0 Å². The summed E-state index contributed by atoms with van der Waals surface area (Å²) < 4.78 is 12.0. The van der Waals surface area contributed by atoms with Crippen LogP contribution >= 0.6 is 0 Å². The molecule has 1 aromatic heterocycles. The van der Waals surface area contributed by atoms with Gasteiger partial charge in [0.2, 0.25) is 5.91 Å². The molecule has 1 aliphatic carbocycles. The molecule has 4 aromatic rings. The van der Waals surface area contributed by atoms with Gasteiger partial charge < -0.3 is 14.5 Å². The number of hydrogen-bond acceptors (Lipinski definition) is 3. The molecule has 0 radical (unpaired) electrons. The number of nitrogens with one attached hydrogen (secondary N) is 1. The molecule has 0 bridgehead atoms. The van der Waals surface area contributed by atoms with Gasteiger partial charge in [-0.05, 0) is 54.7 Å². The van der Waals surface area contributed by atoms with Crippen LogP contribution in [0.2, 0.25) is 0 Å². The molecule has 0 atom stereocenters. The molecule has 1 saturated carbocycles. The van der Waals surface area contributed by atoms with Gasteiger partial charge in [-0.3, -0.25) is 4.79 Å². The molecule has 4 nitrogen and oxygen atoms in total. The van der Waals surface area contributed by atoms with Crippen molar-refractivity contribution in [2.45, 2.75) is 58.4 Å². The number of fused-ring (bicyclic) bond motifs is 2. The van der Waals surface area contributed by atoms with Crippen LogP contribution in [0.4, 0.5) is 0 Å². The minimum Gasteiger partial charge on any atom is -0.493 e. The minimum atomic E-state index is -0.0292. The highest BCUT2D eigenvalue weighted by atomic mass is 16.5. The number of benzene rings is 3. The molecule has 4 heteroatoms. The van der Waals surface area contributed by atoms with Crippen molar-refractivity contribution in [3.63, 3.8) is 0 Å². The second kappa shape index (κ2) is 10.4. The Kier molecular flexibility index (Phi) is 6.89. The number of furan rings is 1. The van der Waals surface area contributed by atoms with Crippen molar-refractivity contribution in [3.8, 4) is 16.9 Å². The van der Waals surface area contributed by atoms with E-state index in [2.05, 4.69) is 53.8 Å². The van der Waals surface area contributed by atoms with E-state index in [4.69, 9.17) is 9.15 Å². The van der Waals surface area contributed by atoms with Crippen molar-refractivity contribution < 1.29 is 13.9 Å². The first kappa shape index (κ1) is 23.2.